The number of rotatable bonds is 3. The Balaban J connectivity index is 2.05. The van der Waals surface area contributed by atoms with E-state index < -0.39 is 0 Å². The van der Waals surface area contributed by atoms with Crippen LogP contribution in [0.3, 0.4) is 0 Å². The average Bonchev–Trinajstić information content (AvgIpc) is 1.80. The Hall–Kier alpha value is -0.530. The second kappa shape index (κ2) is 3.59. The maximum Gasteiger partial charge on any atom is 0.306 e. The molecule has 1 saturated carbocycles. The minimum atomic E-state index is -0.0411. The zero-order chi connectivity index (χ0) is 7.40. The van der Waals surface area contributed by atoms with Gasteiger partial charge in [-0.2, -0.15) is 0 Å². The van der Waals surface area contributed by atoms with Crippen LogP contribution in [0.15, 0.2) is 0 Å². The Morgan fingerprint density at radius 3 is 2.80 bits per heavy atom. The third-order valence-corrected chi connectivity index (χ3v) is 1.76. The summed E-state index contributed by atoms with van der Waals surface area (Å²) in [5, 5.41) is 0. The molecule has 0 aromatic carbocycles. The van der Waals surface area contributed by atoms with Crippen LogP contribution in [0.25, 0.3) is 0 Å². The molecule has 0 aromatic rings. The first-order chi connectivity index (χ1) is 4.83. The first-order valence-electron chi connectivity index (χ1n) is 3.80. The molecule has 57 valence electrons. The fraction of sp³-hybridized carbons (Fsp3) is 0.750. The fourth-order valence-electron chi connectivity index (χ4n) is 1.02. The minimum Gasteiger partial charge on any atom is -0.466 e. The molecule has 10 heavy (non-hydrogen) atoms. The van der Waals surface area contributed by atoms with Gasteiger partial charge in [-0.05, 0) is 32.1 Å². The molecular formula is C8H13O2. The third-order valence-electron chi connectivity index (χ3n) is 1.76. The molecule has 1 rings (SSSR count). The van der Waals surface area contributed by atoms with Gasteiger partial charge in [-0.3, -0.25) is 4.79 Å². The number of esters is 1. The topological polar surface area (TPSA) is 26.3 Å². The van der Waals surface area contributed by atoms with Crippen molar-refractivity contribution in [1.82, 2.24) is 0 Å². The van der Waals surface area contributed by atoms with E-state index in [1.165, 1.54) is 0 Å². The van der Waals surface area contributed by atoms with Crippen LogP contribution in [-0.2, 0) is 9.53 Å². The first kappa shape index (κ1) is 7.58. The Labute approximate surface area is 61.6 Å². The van der Waals surface area contributed by atoms with E-state index in [9.17, 15) is 4.79 Å². The van der Waals surface area contributed by atoms with Gasteiger partial charge in [-0.1, -0.05) is 0 Å². The zero-order valence-electron chi connectivity index (χ0n) is 6.30. The molecule has 2 nitrogen and oxygen atoms in total. The van der Waals surface area contributed by atoms with Crippen molar-refractivity contribution >= 4 is 5.97 Å². The van der Waals surface area contributed by atoms with E-state index in [2.05, 4.69) is 6.42 Å². The van der Waals surface area contributed by atoms with Gasteiger partial charge in [0.25, 0.3) is 0 Å². The molecule has 1 aliphatic rings. The second-order valence-electron chi connectivity index (χ2n) is 2.64. The average molecular weight is 141 g/mol. The minimum absolute atomic E-state index is 0.0411. The number of carbonyl (C=O) groups is 1. The van der Waals surface area contributed by atoms with E-state index in [-0.39, 0.29) is 5.97 Å². The summed E-state index contributed by atoms with van der Waals surface area (Å²) in [6.07, 6.45) is 5.01. The molecule has 1 fully saturated rings. The Morgan fingerprint density at radius 1 is 1.70 bits per heavy atom. The van der Waals surface area contributed by atoms with Crippen LogP contribution in [0.1, 0.15) is 26.2 Å². The summed E-state index contributed by atoms with van der Waals surface area (Å²) >= 11 is 0. The number of carbonyl (C=O) groups excluding carboxylic acids is 1. The molecular weight excluding hydrogens is 128 g/mol. The van der Waals surface area contributed by atoms with Gasteiger partial charge in [0.1, 0.15) is 0 Å². The molecule has 0 aromatic heterocycles. The third kappa shape index (κ3) is 2.01. The summed E-state index contributed by atoms with van der Waals surface area (Å²) < 4.78 is 4.80. The van der Waals surface area contributed by atoms with Crippen molar-refractivity contribution in [3.05, 3.63) is 6.42 Å². The summed E-state index contributed by atoms with van der Waals surface area (Å²) in [4.78, 5) is 10.8. The van der Waals surface area contributed by atoms with Crippen LogP contribution < -0.4 is 0 Å². The van der Waals surface area contributed by atoms with Gasteiger partial charge < -0.3 is 4.74 Å². The summed E-state index contributed by atoms with van der Waals surface area (Å²) in [5.74, 6) is 0.541. The Bertz CT molecular complexity index is 116. The maximum atomic E-state index is 10.8. The predicted octanol–water partition coefficient (Wildman–Crippen LogP) is 1.55. The molecule has 0 unspecified atom stereocenters. The lowest BCUT2D eigenvalue weighted by Crippen LogP contribution is -2.17. The van der Waals surface area contributed by atoms with E-state index in [1.54, 1.807) is 0 Å². The van der Waals surface area contributed by atoms with Crippen molar-refractivity contribution in [1.29, 1.82) is 0 Å². The molecule has 1 radical (unpaired) electrons. The second-order valence-corrected chi connectivity index (χ2v) is 2.64. The van der Waals surface area contributed by atoms with Crippen molar-refractivity contribution in [2.75, 3.05) is 6.61 Å². The molecule has 0 bridgehead atoms. The standard InChI is InChI=1S/C8H13O2/c1-2-10-8(9)6-7-4-3-5-7/h3,7H,2,4-6H2,1H3. The lowest BCUT2D eigenvalue weighted by atomic mass is 9.83. The van der Waals surface area contributed by atoms with E-state index in [0.717, 1.165) is 12.8 Å². The Morgan fingerprint density at radius 2 is 2.40 bits per heavy atom. The van der Waals surface area contributed by atoms with Gasteiger partial charge in [-0.15, -0.1) is 0 Å². The van der Waals surface area contributed by atoms with Gasteiger partial charge in [0.2, 0.25) is 0 Å². The summed E-state index contributed by atoms with van der Waals surface area (Å²) in [7, 11) is 0. The van der Waals surface area contributed by atoms with Gasteiger partial charge in [0, 0.05) is 6.42 Å². The summed E-state index contributed by atoms with van der Waals surface area (Å²) in [6, 6.07) is 0. The zero-order valence-corrected chi connectivity index (χ0v) is 6.30. The monoisotopic (exact) mass is 141 g/mol. The fourth-order valence-corrected chi connectivity index (χ4v) is 1.02. The summed E-state index contributed by atoms with van der Waals surface area (Å²) in [5.41, 5.74) is 0. The van der Waals surface area contributed by atoms with Gasteiger partial charge in [-0.25, -0.2) is 0 Å². The number of hydrogen-bond acceptors (Lipinski definition) is 2. The van der Waals surface area contributed by atoms with Crippen LogP contribution >= 0.6 is 0 Å². The van der Waals surface area contributed by atoms with Crippen molar-refractivity contribution in [2.24, 2.45) is 5.92 Å². The highest BCUT2D eigenvalue weighted by molar-refractivity contribution is 5.69. The van der Waals surface area contributed by atoms with Crippen LogP contribution in [-0.4, -0.2) is 12.6 Å². The number of ether oxygens (including phenoxy) is 1. The van der Waals surface area contributed by atoms with E-state index in [4.69, 9.17) is 4.74 Å². The van der Waals surface area contributed by atoms with Gasteiger partial charge in [0.15, 0.2) is 0 Å². The van der Waals surface area contributed by atoms with Crippen LogP contribution in [0.4, 0.5) is 0 Å². The molecule has 0 N–H and O–H groups in total. The highest BCUT2D eigenvalue weighted by Gasteiger charge is 2.21. The van der Waals surface area contributed by atoms with Crippen molar-refractivity contribution in [2.45, 2.75) is 26.2 Å². The van der Waals surface area contributed by atoms with Crippen molar-refractivity contribution < 1.29 is 9.53 Å². The van der Waals surface area contributed by atoms with E-state index in [1.807, 2.05) is 6.92 Å². The molecule has 0 amide bonds. The molecule has 0 atom stereocenters. The molecule has 0 spiro atoms. The van der Waals surface area contributed by atoms with Crippen LogP contribution in [0.2, 0.25) is 0 Å². The van der Waals surface area contributed by atoms with E-state index >= 15 is 0 Å². The quantitative estimate of drug-likeness (QED) is 0.557. The molecule has 0 saturated heterocycles. The van der Waals surface area contributed by atoms with Crippen LogP contribution in [0.5, 0.6) is 0 Å². The van der Waals surface area contributed by atoms with Crippen molar-refractivity contribution in [3.63, 3.8) is 0 Å². The lowest BCUT2D eigenvalue weighted by Gasteiger charge is -2.23. The molecule has 1 aliphatic carbocycles. The van der Waals surface area contributed by atoms with Crippen LogP contribution in [0, 0.1) is 12.3 Å². The number of hydrogen-bond donors (Lipinski definition) is 0. The first-order valence-corrected chi connectivity index (χ1v) is 3.80. The lowest BCUT2D eigenvalue weighted by molar-refractivity contribution is -0.144. The Kier molecular flexibility index (Phi) is 2.72. The SMILES string of the molecule is CCOC(=O)CC1C[CH]C1. The highest BCUT2D eigenvalue weighted by Crippen LogP contribution is 2.28. The molecule has 0 aliphatic heterocycles. The van der Waals surface area contributed by atoms with Gasteiger partial charge in [0.05, 0.1) is 6.61 Å². The normalized spacial score (nSPS) is 18.1. The molecule has 0 heterocycles. The summed E-state index contributed by atoms with van der Waals surface area (Å²) in [6.45, 7) is 2.35. The molecule has 2 heteroatoms. The van der Waals surface area contributed by atoms with Gasteiger partial charge >= 0.3 is 5.97 Å². The van der Waals surface area contributed by atoms with Crippen molar-refractivity contribution in [3.8, 4) is 0 Å². The maximum absolute atomic E-state index is 10.8. The largest absolute Gasteiger partial charge is 0.466 e. The van der Waals surface area contributed by atoms with E-state index in [0.29, 0.717) is 18.9 Å². The highest BCUT2D eigenvalue weighted by atomic mass is 16.5. The smallest absolute Gasteiger partial charge is 0.306 e. The predicted molar refractivity (Wildman–Crippen MR) is 38.3 cm³/mol.